The number of halogens is 3. The van der Waals surface area contributed by atoms with Crippen LogP contribution in [0.2, 0.25) is 0 Å². The zero-order valence-corrected chi connectivity index (χ0v) is 19.3. The molecule has 0 aliphatic heterocycles. The van der Waals surface area contributed by atoms with E-state index < -0.39 is 34.5 Å². The van der Waals surface area contributed by atoms with Crippen LogP contribution in [-0.2, 0) is 11.3 Å². The van der Waals surface area contributed by atoms with Crippen LogP contribution in [0.15, 0.2) is 53.9 Å². The lowest BCUT2D eigenvalue weighted by Crippen LogP contribution is -2.41. The second-order valence-electron chi connectivity index (χ2n) is 8.67. The minimum absolute atomic E-state index is 0.0554. The van der Waals surface area contributed by atoms with Gasteiger partial charge in [0.1, 0.15) is 35.9 Å². The van der Waals surface area contributed by atoms with Gasteiger partial charge in [0.25, 0.3) is 0 Å². The summed E-state index contributed by atoms with van der Waals surface area (Å²) >= 11 is 0. The van der Waals surface area contributed by atoms with Crippen molar-refractivity contribution in [1.29, 1.82) is 0 Å². The molecule has 35 heavy (non-hydrogen) atoms. The molecule has 3 aromatic rings. The molecule has 0 amide bonds. The molecule has 182 valence electrons. The third kappa shape index (κ3) is 5.09. The zero-order valence-electron chi connectivity index (χ0n) is 19.3. The first-order valence-electron chi connectivity index (χ1n) is 11.2. The number of nitrogens with two attached hydrogens (primary N) is 1. The number of Topliss-reactive ketones (excluding diaryl/α,β-unsaturated/α-hetero) is 1. The monoisotopic (exact) mass is 482 g/mol. The van der Waals surface area contributed by atoms with Crippen molar-refractivity contribution in [2.24, 2.45) is 16.8 Å². The Morgan fingerprint density at radius 1 is 1.11 bits per heavy atom. The zero-order chi connectivity index (χ0) is 25.1. The summed E-state index contributed by atoms with van der Waals surface area (Å²) in [6.45, 7) is 2.03. The summed E-state index contributed by atoms with van der Waals surface area (Å²) in [6, 6.07) is 6.98. The molecule has 1 aliphatic carbocycles. The summed E-state index contributed by atoms with van der Waals surface area (Å²) in [6.07, 6.45) is 4.62. The fourth-order valence-electron chi connectivity index (χ4n) is 4.70. The van der Waals surface area contributed by atoms with Crippen molar-refractivity contribution in [3.63, 3.8) is 0 Å². The van der Waals surface area contributed by atoms with Gasteiger partial charge in [-0.3, -0.25) is 9.78 Å². The van der Waals surface area contributed by atoms with Crippen molar-refractivity contribution in [1.82, 2.24) is 9.97 Å². The van der Waals surface area contributed by atoms with Crippen LogP contribution in [0.3, 0.4) is 0 Å². The van der Waals surface area contributed by atoms with E-state index in [1.807, 2.05) is 13.0 Å². The highest BCUT2D eigenvalue weighted by molar-refractivity contribution is 5.96. The van der Waals surface area contributed by atoms with E-state index in [0.29, 0.717) is 12.0 Å². The Labute approximate surface area is 201 Å². The first-order chi connectivity index (χ1) is 16.8. The van der Waals surface area contributed by atoms with Crippen molar-refractivity contribution < 1.29 is 22.8 Å². The van der Waals surface area contributed by atoms with Gasteiger partial charge in [0.15, 0.2) is 5.78 Å². The quantitative estimate of drug-likeness (QED) is 0.402. The molecule has 0 radical (unpaired) electrons. The van der Waals surface area contributed by atoms with E-state index >= 15 is 0 Å². The lowest BCUT2D eigenvalue weighted by atomic mass is 9.74. The first-order valence-corrected chi connectivity index (χ1v) is 11.2. The fourth-order valence-corrected chi connectivity index (χ4v) is 4.70. The number of pyridine rings is 2. The lowest BCUT2D eigenvalue weighted by molar-refractivity contribution is 0.0987. The Kier molecular flexibility index (Phi) is 7.25. The van der Waals surface area contributed by atoms with E-state index in [0.717, 1.165) is 35.9 Å². The summed E-state index contributed by atoms with van der Waals surface area (Å²) < 4.78 is 42.9. The summed E-state index contributed by atoms with van der Waals surface area (Å²) in [7, 11) is 1.49. The topological polar surface area (TPSA) is 90.5 Å². The predicted molar refractivity (Wildman–Crippen MR) is 125 cm³/mol. The van der Waals surface area contributed by atoms with E-state index in [9.17, 15) is 18.0 Å². The van der Waals surface area contributed by atoms with Crippen LogP contribution in [0.5, 0.6) is 0 Å². The number of rotatable bonds is 6. The molecule has 1 fully saturated rings. The molecule has 0 spiro atoms. The normalized spacial score (nSPS) is 21.2. The number of benzene rings is 1. The second kappa shape index (κ2) is 10.4. The number of hydrogen-bond donors (Lipinski definition) is 1. The Hall–Kier alpha value is -3.59. The Bertz CT molecular complexity index is 1250. The van der Waals surface area contributed by atoms with Crippen LogP contribution in [-0.4, -0.2) is 34.6 Å². The standard InChI is InChI=1S/C26H25F3N4O2/c1-14-10-15(11-21(30)25(14)33-35-2)17-8-9-31-13-16(17)12-23(34)22-7-6-20(29)26(32-22)24-18(27)4-3-5-19(24)28/h3-9,13-15,21H,10-12,30H2,1-2H3/b33-25-/t14-,15+,21+/m0/s1. The van der Waals surface area contributed by atoms with Gasteiger partial charge in [0.05, 0.1) is 11.3 Å². The molecule has 9 heteroatoms. The number of aromatic nitrogens is 2. The minimum Gasteiger partial charge on any atom is -0.399 e. The number of ketones is 1. The van der Waals surface area contributed by atoms with Crippen LogP contribution in [0, 0.1) is 23.4 Å². The molecule has 4 rings (SSSR count). The minimum atomic E-state index is -0.963. The summed E-state index contributed by atoms with van der Waals surface area (Å²) in [5.41, 5.74) is 7.52. The third-order valence-electron chi connectivity index (χ3n) is 6.32. The molecule has 0 saturated heterocycles. The molecular formula is C26H25F3N4O2. The van der Waals surface area contributed by atoms with Crippen molar-refractivity contribution in [2.75, 3.05) is 7.11 Å². The molecule has 3 atom stereocenters. The van der Waals surface area contributed by atoms with E-state index in [2.05, 4.69) is 15.1 Å². The van der Waals surface area contributed by atoms with E-state index in [1.54, 1.807) is 12.4 Å². The van der Waals surface area contributed by atoms with E-state index in [-0.39, 0.29) is 30.0 Å². The van der Waals surface area contributed by atoms with Crippen molar-refractivity contribution in [3.8, 4) is 11.3 Å². The number of nitrogens with zero attached hydrogens (tertiary/aromatic N) is 3. The van der Waals surface area contributed by atoms with Gasteiger partial charge in [-0.2, -0.15) is 0 Å². The second-order valence-corrected chi connectivity index (χ2v) is 8.67. The fraction of sp³-hybridized carbons (Fsp3) is 0.308. The van der Waals surface area contributed by atoms with Crippen LogP contribution >= 0.6 is 0 Å². The number of oxime groups is 1. The molecule has 1 aliphatic rings. The van der Waals surface area contributed by atoms with Crippen LogP contribution in [0.4, 0.5) is 13.2 Å². The maximum Gasteiger partial charge on any atom is 0.185 e. The Morgan fingerprint density at radius 2 is 1.86 bits per heavy atom. The average Bonchev–Trinajstić information content (AvgIpc) is 2.82. The van der Waals surface area contributed by atoms with Gasteiger partial charge in [-0.1, -0.05) is 18.1 Å². The van der Waals surface area contributed by atoms with Gasteiger partial charge in [0, 0.05) is 24.9 Å². The molecule has 2 aromatic heterocycles. The first kappa shape index (κ1) is 24.5. The summed E-state index contributed by atoms with van der Waals surface area (Å²) in [5, 5.41) is 4.07. The average molecular weight is 483 g/mol. The van der Waals surface area contributed by atoms with Crippen molar-refractivity contribution in [3.05, 3.63) is 83.1 Å². The van der Waals surface area contributed by atoms with Gasteiger partial charge in [0.2, 0.25) is 0 Å². The van der Waals surface area contributed by atoms with Gasteiger partial charge in [-0.05, 0) is 66.1 Å². The van der Waals surface area contributed by atoms with Crippen LogP contribution in [0.1, 0.15) is 47.3 Å². The van der Waals surface area contributed by atoms with Crippen LogP contribution < -0.4 is 5.73 Å². The number of hydrogen-bond acceptors (Lipinski definition) is 6. The third-order valence-corrected chi connectivity index (χ3v) is 6.32. The molecule has 0 bridgehead atoms. The smallest absolute Gasteiger partial charge is 0.185 e. The van der Waals surface area contributed by atoms with Gasteiger partial charge in [-0.25, -0.2) is 18.2 Å². The molecule has 6 nitrogen and oxygen atoms in total. The van der Waals surface area contributed by atoms with Crippen LogP contribution in [0.25, 0.3) is 11.3 Å². The molecular weight excluding hydrogens is 457 g/mol. The molecule has 1 saturated carbocycles. The highest BCUT2D eigenvalue weighted by Gasteiger charge is 2.33. The Balaban J connectivity index is 1.61. The molecule has 2 heterocycles. The highest BCUT2D eigenvalue weighted by atomic mass is 19.1. The molecule has 0 unspecified atom stereocenters. The van der Waals surface area contributed by atoms with E-state index in [4.69, 9.17) is 10.6 Å². The van der Waals surface area contributed by atoms with Crippen molar-refractivity contribution in [2.45, 2.75) is 38.1 Å². The van der Waals surface area contributed by atoms with Gasteiger partial charge < -0.3 is 10.6 Å². The van der Waals surface area contributed by atoms with Crippen molar-refractivity contribution >= 4 is 11.5 Å². The van der Waals surface area contributed by atoms with E-state index in [1.165, 1.54) is 19.2 Å². The lowest BCUT2D eigenvalue weighted by Gasteiger charge is -2.33. The maximum absolute atomic E-state index is 14.4. The number of carbonyl (C=O) groups excluding carboxylic acids is 1. The summed E-state index contributed by atoms with van der Waals surface area (Å²) in [4.78, 5) is 26.2. The SMILES string of the molecule is CO/N=C1\[C@H](N)C[C@H](c2ccncc2CC(=O)c2ccc(F)c(-c3c(F)cccc3F)n2)C[C@@H]1C. The molecule has 2 N–H and O–H groups in total. The summed E-state index contributed by atoms with van der Waals surface area (Å²) in [5.74, 6) is -3.11. The largest absolute Gasteiger partial charge is 0.399 e. The van der Waals surface area contributed by atoms with Gasteiger partial charge in [-0.15, -0.1) is 0 Å². The molecule has 1 aromatic carbocycles. The number of carbonyl (C=O) groups is 1. The predicted octanol–water partition coefficient (Wildman–Crippen LogP) is 4.83. The highest BCUT2D eigenvalue weighted by Crippen LogP contribution is 2.36. The maximum atomic E-state index is 14.4. The Morgan fingerprint density at radius 3 is 2.54 bits per heavy atom. The van der Waals surface area contributed by atoms with Gasteiger partial charge >= 0.3 is 0 Å².